The van der Waals surface area contributed by atoms with E-state index in [1.54, 1.807) is 18.2 Å². The van der Waals surface area contributed by atoms with Crippen molar-refractivity contribution < 1.29 is 24.4 Å². The van der Waals surface area contributed by atoms with Crippen molar-refractivity contribution >= 4 is 0 Å². The van der Waals surface area contributed by atoms with E-state index in [1.807, 2.05) is 0 Å². The zero-order valence-corrected chi connectivity index (χ0v) is 17.7. The lowest BCUT2D eigenvalue weighted by atomic mass is 10.2. The number of hydrogen-bond acceptors (Lipinski definition) is 6. The van der Waals surface area contributed by atoms with Crippen LogP contribution in [0.1, 0.15) is 55.2 Å². The van der Waals surface area contributed by atoms with Crippen LogP contribution in [0.3, 0.4) is 0 Å². The summed E-state index contributed by atoms with van der Waals surface area (Å²) in [6.07, 6.45) is 4.01. The van der Waals surface area contributed by atoms with Gasteiger partial charge in [-0.2, -0.15) is 0 Å². The second-order valence-corrected chi connectivity index (χ2v) is 7.17. The summed E-state index contributed by atoms with van der Waals surface area (Å²) in [6.45, 7) is 2.10. The summed E-state index contributed by atoms with van der Waals surface area (Å²) < 4.78 is 18.4. The fourth-order valence-electron chi connectivity index (χ4n) is 2.89. The largest absolute Gasteiger partial charge is 0.506 e. The molecule has 1 heterocycles. The van der Waals surface area contributed by atoms with Crippen LogP contribution in [-0.4, -0.2) is 46.6 Å². The van der Waals surface area contributed by atoms with Gasteiger partial charge in [0.05, 0.1) is 18.9 Å². The Morgan fingerprint density at radius 1 is 1.03 bits per heavy atom. The number of aromatic hydroxyl groups is 1. The Kier molecular flexibility index (Phi) is 11.6. The maximum atomic E-state index is 12.8. The van der Waals surface area contributed by atoms with Crippen molar-refractivity contribution in [2.45, 2.75) is 44.8 Å². The molecular formula is C24H31FN2O4. The fourth-order valence-corrected chi connectivity index (χ4v) is 2.89. The standard InChI is InChI=1S/C24H31FN2O4/c25-20-10-8-19(9-11-20)7-3-6-16-31-15-5-2-1-4-14-26-17-24(30)21-12-13-23(29)22(18-28)27-21/h8-13,24,26,28-30H,1-2,4-6,14-18H2. The van der Waals surface area contributed by atoms with E-state index in [-0.39, 0.29) is 23.9 Å². The quantitative estimate of drug-likeness (QED) is 0.288. The van der Waals surface area contributed by atoms with Crippen molar-refractivity contribution in [3.63, 3.8) is 0 Å². The molecule has 6 nitrogen and oxygen atoms in total. The molecule has 31 heavy (non-hydrogen) atoms. The van der Waals surface area contributed by atoms with E-state index < -0.39 is 6.10 Å². The van der Waals surface area contributed by atoms with Crippen molar-refractivity contribution in [1.29, 1.82) is 0 Å². The van der Waals surface area contributed by atoms with Gasteiger partial charge in [0.1, 0.15) is 23.4 Å². The molecular weight excluding hydrogens is 399 g/mol. The van der Waals surface area contributed by atoms with Crippen molar-refractivity contribution in [3.8, 4) is 17.6 Å². The Morgan fingerprint density at radius 2 is 1.81 bits per heavy atom. The number of aromatic nitrogens is 1. The minimum absolute atomic E-state index is 0.0756. The van der Waals surface area contributed by atoms with Gasteiger partial charge in [-0.15, -0.1) is 0 Å². The molecule has 1 aromatic carbocycles. The van der Waals surface area contributed by atoms with E-state index >= 15 is 0 Å². The summed E-state index contributed by atoms with van der Waals surface area (Å²) in [4.78, 5) is 4.06. The Morgan fingerprint density at radius 3 is 2.58 bits per heavy atom. The summed E-state index contributed by atoms with van der Waals surface area (Å²) in [7, 11) is 0. The molecule has 0 bridgehead atoms. The number of aliphatic hydroxyl groups is 2. The summed E-state index contributed by atoms with van der Waals surface area (Å²) in [6, 6.07) is 9.11. The third-order valence-electron chi connectivity index (χ3n) is 4.64. The number of unbranched alkanes of at least 4 members (excludes halogenated alkanes) is 3. The van der Waals surface area contributed by atoms with Gasteiger partial charge in [-0.3, -0.25) is 0 Å². The Bertz CT molecular complexity index is 834. The summed E-state index contributed by atoms with van der Waals surface area (Å²) >= 11 is 0. The van der Waals surface area contributed by atoms with Gasteiger partial charge in [-0.25, -0.2) is 9.37 Å². The Balaban J connectivity index is 1.43. The van der Waals surface area contributed by atoms with Gasteiger partial charge in [-0.05, 0) is 55.8 Å². The fraction of sp³-hybridized carbons (Fsp3) is 0.458. The Labute approximate surface area is 183 Å². The molecule has 168 valence electrons. The molecule has 4 N–H and O–H groups in total. The lowest BCUT2D eigenvalue weighted by Crippen LogP contribution is -2.23. The molecule has 1 unspecified atom stereocenters. The normalized spacial score (nSPS) is 11.7. The number of pyridine rings is 1. The zero-order chi connectivity index (χ0) is 22.3. The summed E-state index contributed by atoms with van der Waals surface area (Å²) in [5.41, 5.74) is 1.39. The van der Waals surface area contributed by atoms with Crippen LogP contribution in [0.15, 0.2) is 36.4 Å². The molecule has 1 atom stereocenters. The first-order valence-electron chi connectivity index (χ1n) is 10.6. The molecule has 1 aromatic heterocycles. The van der Waals surface area contributed by atoms with Crippen LogP contribution in [0.2, 0.25) is 0 Å². The smallest absolute Gasteiger partial charge is 0.139 e. The maximum absolute atomic E-state index is 12.8. The average Bonchev–Trinajstić information content (AvgIpc) is 2.78. The molecule has 0 radical (unpaired) electrons. The van der Waals surface area contributed by atoms with Crippen molar-refractivity contribution in [2.24, 2.45) is 0 Å². The number of ether oxygens (including phenoxy) is 1. The first-order chi connectivity index (χ1) is 15.1. The number of hydrogen-bond donors (Lipinski definition) is 4. The molecule has 0 saturated carbocycles. The SMILES string of the molecule is OCc1nc(C(O)CNCCCCCCOCCC#Cc2ccc(F)cc2)ccc1O. The highest BCUT2D eigenvalue weighted by molar-refractivity contribution is 5.33. The van der Waals surface area contributed by atoms with E-state index in [4.69, 9.17) is 9.84 Å². The first-order valence-corrected chi connectivity index (χ1v) is 10.6. The number of benzene rings is 1. The minimum atomic E-state index is -0.787. The van der Waals surface area contributed by atoms with E-state index in [1.165, 1.54) is 18.2 Å². The van der Waals surface area contributed by atoms with E-state index in [0.29, 0.717) is 31.9 Å². The zero-order valence-electron chi connectivity index (χ0n) is 17.7. The summed E-state index contributed by atoms with van der Waals surface area (Å²) in [5.74, 6) is 5.67. The molecule has 0 aliphatic heterocycles. The monoisotopic (exact) mass is 430 g/mol. The van der Waals surface area contributed by atoms with E-state index in [0.717, 1.165) is 37.8 Å². The topological polar surface area (TPSA) is 94.8 Å². The second-order valence-electron chi connectivity index (χ2n) is 7.17. The highest BCUT2D eigenvalue weighted by Crippen LogP contribution is 2.18. The molecule has 0 amide bonds. The second kappa shape index (κ2) is 14.5. The van der Waals surface area contributed by atoms with E-state index in [9.17, 15) is 14.6 Å². The van der Waals surface area contributed by atoms with Crippen molar-refractivity contribution in [2.75, 3.05) is 26.3 Å². The minimum Gasteiger partial charge on any atom is -0.506 e. The van der Waals surface area contributed by atoms with Crippen LogP contribution in [-0.2, 0) is 11.3 Å². The van der Waals surface area contributed by atoms with Crippen LogP contribution in [0.5, 0.6) is 5.75 Å². The van der Waals surface area contributed by atoms with Crippen LogP contribution in [0.25, 0.3) is 0 Å². The van der Waals surface area contributed by atoms with Gasteiger partial charge in [0.2, 0.25) is 0 Å². The van der Waals surface area contributed by atoms with Crippen LogP contribution in [0, 0.1) is 17.7 Å². The van der Waals surface area contributed by atoms with Gasteiger partial charge in [-0.1, -0.05) is 24.7 Å². The Hall–Kier alpha value is -2.50. The number of halogens is 1. The molecule has 0 saturated heterocycles. The predicted octanol–water partition coefficient (Wildman–Crippen LogP) is 3.06. The van der Waals surface area contributed by atoms with Crippen LogP contribution in [0.4, 0.5) is 4.39 Å². The maximum Gasteiger partial charge on any atom is 0.139 e. The average molecular weight is 431 g/mol. The van der Waals surface area contributed by atoms with E-state index in [2.05, 4.69) is 22.1 Å². The highest BCUT2D eigenvalue weighted by atomic mass is 19.1. The van der Waals surface area contributed by atoms with Crippen LogP contribution >= 0.6 is 0 Å². The van der Waals surface area contributed by atoms with Crippen molar-refractivity contribution in [3.05, 3.63) is 59.2 Å². The van der Waals surface area contributed by atoms with Gasteiger partial charge in [0, 0.05) is 25.1 Å². The van der Waals surface area contributed by atoms with Crippen LogP contribution < -0.4 is 5.32 Å². The van der Waals surface area contributed by atoms with Gasteiger partial charge in [0.15, 0.2) is 0 Å². The highest BCUT2D eigenvalue weighted by Gasteiger charge is 2.11. The predicted molar refractivity (Wildman–Crippen MR) is 117 cm³/mol. The van der Waals surface area contributed by atoms with Crippen molar-refractivity contribution in [1.82, 2.24) is 10.3 Å². The number of aliphatic hydroxyl groups excluding tert-OH is 2. The number of nitrogens with zero attached hydrogens (tertiary/aromatic N) is 1. The molecule has 0 fully saturated rings. The molecule has 0 spiro atoms. The molecule has 2 rings (SSSR count). The van der Waals surface area contributed by atoms with Gasteiger partial charge < -0.3 is 25.4 Å². The van der Waals surface area contributed by atoms with Gasteiger partial charge >= 0.3 is 0 Å². The number of rotatable bonds is 13. The molecule has 0 aliphatic rings. The molecule has 0 aliphatic carbocycles. The third-order valence-corrected chi connectivity index (χ3v) is 4.64. The summed E-state index contributed by atoms with van der Waals surface area (Å²) in [5, 5.41) is 32.0. The molecule has 7 heteroatoms. The molecule has 2 aromatic rings. The van der Waals surface area contributed by atoms with Gasteiger partial charge in [0.25, 0.3) is 0 Å². The first kappa shape index (κ1) is 24.8. The third kappa shape index (κ3) is 9.90. The lowest BCUT2D eigenvalue weighted by Gasteiger charge is -2.13. The number of nitrogens with one attached hydrogen (secondary N) is 1. The lowest BCUT2D eigenvalue weighted by molar-refractivity contribution is 0.135.